The van der Waals surface area contributed by atoms with Gasteiger partial charge in [0.1, 0.15) is 11.4 Å². The van der Waals surface area contributed by atoms with Gasteiger partial charge in [0.25, 0.3) is 5.69 Å². The van der Waals surface area contributed by atoms with Gasteiger partial charge in [-0.05, 0) is 35.9 Å². The maximum absolute atomic E-state index is 14.2. The summed E-state index contributed by atoms with van der Waals surface area (Å²) in [5.41, 5.74) is 0.995. The van der Waals surface area contributed by atoms with Crippen LogP contribution in [-0.2, 0) is 10.3 Å². The van der Waals surface area contributed by atoms with E-state index in [1.165, 1.54) is 36.4 Å². The zero-order valence-corrected chi connectivity index (χ0v) is 19.2. The number of nitro groups is 1. The number of thioether (sulfide) groups is 1. The molecule has 1 amide bonds. The lowest BCUT2D eigenvalue weighted by atomic mass is 9.69. The average molecular weight is 490 g/mol. The molecule has 3 aliphatic heterocycles. The Balaban J connectivity index is 1.61. The van der Waals surface area contributed by atoms with E-state index in [1.54, 1.807) is 23.9 Å². The normalized spacial score (nSPS) is 27.0. The molecule has 3 aromatic carbocycles. The number of fused-ring (bicyclic) bond motifs is 4. The summed E-state index contributed by atoms with van der Waals surface area (Å²) in [7, 11) is 0. The highest BCUT2D eigenvalue weighted by atomic mass is 32.2. The van der Waals surface area contributed by atoms with E-state index in [2.05, 4.69) is 10.2 Å². The molecule has 0 radical (unpaired) electrons. The van der Waals surface area contributed by atoms with Crippen LogP contribution in [0.3, 0.4) is 0 Å². The molecule has 35 heavy (non-hydrogen) atoms. The van der Waals surface area contributed by atoms with Gasteiger partial charge in [0.05, 0.1) is 10.8 Å². The third-order valence-corrected chi connectivity index (χ3v) is 8.44. The first-order valence-corrected chi connectivity index (χ1v) is 12.4. The second-order valence-electron chi connectivity index (χ2n) is 9.03. The summed E-state index contributed by atoms with van der Waals surface area (Å²) >= 11 is 1.68. The van der Waals surface area contributed by atoms with Gasteiger partial charge in [0.15, 0.2) is 5.78 Å². The van der Waals surface area contributed by atoms with Crippen molar-refractivity contribution in [2.75, 3.05) is 16.9 Å². The van der Waals surface area contributed by atoms with Gasteiger partial charge >= 0.3 is 0 Å². The number of carbonyl (C=O) groups excluding carboxylic acids is 2. The van der Waals surface area contributed by atoms with Crippen molar-refractivity contribution in [3.63, 3.8) is 0 Å². The number of rotatable bonds is 4. The minimum absolute atomic E-state index is 0.0649. The fraction of sp³-hybridized carbons (Fsp3) is 0.231. The number of carbonyl (C=O) groups is 2. The van der Waals surface area contributed by atoms with Crippen molar-refractivity contribution in [1.29, 1.82) is 0 Å². The Bertz CT molecular complexity index is 1380. The van der Waals surface area contributed by atoms with Crippen LogP contribution in [-0.4, -0.2) is 39.2 Å². The van der Waals surface area contributed by atoms with Crippen molar-refractivity contribution >= 4 is 34.8 Å². The minimum Gasteiger partial charge on any atom is -0.324 e. The number of benzene rings is 3. The number of para-hydroxylation sites is 1. The summed E-state index contributed by atoms with van der Waals surface area (Å²) in [4.78, 5) is 41.3. The summed E-state index contributed by atoms with van der Waals surface area (Å²) in [6, 6.07) is 18.9. The van der Waals surface area contributed by atoms with E-state index < -0.39 is 28.1 Å². The maximum atomic E-state index is 14.2. The van der Waals surface area contributed by atoms with Crippen LogP contribution in [0.15, 0.2) is 72.8 Å². The molecule has 1 N–H and O–H groups in total. The zero-order valence-electron chi connectivity index (χ0n) is 18.4. The summed E-state index contributed by atoms with van der Waals surface area (Å²) in [6.07, 6.45) is 0. The number of nitrogens with zero attached hydrogens (tertiary/aromatic N) is 2. The molecule has 0 aliphatic carbocycles. The van der Waals surface area contributed by atoms with Crippen LogP contribution in [0.1, 0.15) is 27.4 Å². The fourth-order valence-electron chi connectivity index (χ4n) is 6.04. The number of hydrogen-bond donors (Lipinski definition) is 1. The molecule has 2 saturated heterocycles. The summed E-state index contributed by atoms with van der Waals surface area (Å²) in [5.74, 6) is -1.13. The zero-order chi connectivity index (χ0) is 24.3. The highest BCUT2D eigenvalue weighted by Gasteiger charge is 2.69. The molecule has 2 fully saturated rings. The number of amides is 1. The number of hydrogen-bond acceptors (Lipinski definition) is 6. The van der Waals surface area contributed by atoms with Crippen LogP contribution in [0.2, 0.25) is 0 Å². The van der Waals surface area contributed by atoms with Crippen molar-refractivity contribution in [2.24, 2.45) is 5.92 Å². The molecule has 3 aliphatic rings. The van der Waals surface area contributed by atoms with Gasteiger partial charge in [-0.1, -0.05) is 30.3 Å². The Morgan fingerprint density at radius 3 is 2.66 bits per heavy atom. The Morgan fingerprint density at radius 1 is 1.11 bits per heavy atom. The number of nitrogens with one attached hydrogen (secondary N) is 1. The molecule has 176 valence electrons. The lowest BCUT2D eigenvalue weighted by molar-refractivity contribution is -0.384. The van der Waals surface area contributed by atoms with Gasteiger partial charge < -0.3 is 5.32 Å². The largest absolute Gasteiger partial charge is 0.324 e. The van der Waals surface area contributed by atoms with Gasteiger partial charge in [0, 0.05) is 52.5 Å². The minimum atomic E-state index is -1.27. The molecule has 6 rings (SSSR count). The van der Waals surface area contributed by atoms with Crippen LogP contribution in [0.4, 0.5) is 15.8 Å². The highest BCUT2D eigenvalue weighted by molar-refractivity contribution is 7.99. The number of non-ortho nitro benzene ring substituents is 1. The Morgan fingerprint density at radius 2 is 1.89 bits per heavy atom. The first-order valence-electron chi connectivity index (χ1n) is 11.2. The van der Waals surface area contributed by atoms with E-state index in [4.69, 9.17) is 0 Å². The average Bonchev–Trinajstić information content (AvgIpc) is 3.52. The van der Waals surface area contributed by atoms with E-state index >= 15 is 0 Å². The van der Waals surface area contributed by atoms with Gasteiger partial charge in [-0.3, -0.25) is 24.6 Å². The van der Waals surface area contributed by atoms with E-state index in [0.29, 0.717) is 28.4 Å². The van der Waals surface area contributed by atoms with Gasteiger partial charge in [-0.2, -0.15) is 0 Å². The molecule has 4 atom stereocenters. The SMILES string of the molecule is O=C(c1ccc(F)cc1)[C@H]1[C@H](c2cccc([N+](=O)[O-])c2)[C@H]2CSCN2[C@@]12C(=O)Nc1ccccc12. The fourth-order valence-corrected chi connectivity index (χ4v) is 7.37. The predicted molar refractivity (Wildman–Crippen MR) is 130 cm³/mol. The van der Waals surface area contributed by atoms with Gasteiger partial charge in [-0.15, -0.1) is 11.8 Å². The molecule has 0 bridgehead atoms. The second kappa shape index (κ2) is 8.00. The molecule has 0 unspecified atom stereocenters. The second-order valence-corrected chi connectivity index (χ2v) is 10.0. The first kappa shape index (κ1) is 21.9. The third kappa shape index (κ3) is 3.08. The number of halogens is 1. The van der Waals surface area contributed by atoms with Crippen molar-refractivity contribution < 1.29 is 18.9 Å². The van der Waals surface area contributed by atoms with E-state index in [9.17, 15) is 24.1 Å². The van der Waals surface area contributed by atoms with Crippen LogP contribution < -0.4 is 5.32 Å². The number of ketones is 1. The van der Waals surface area contributed by atoms with Crippen molar-refractivity contribution in [3.05, 3.63) is 105 Å². The molecule has 3 aromatic rings. The molecule has 7 nitrogen and oxygen atoms in total. The van der Waals surface area contributed by atoms with Crippen LogP contribution >= 0.6 is 11.8 Å². The Kier molecular flexibility index (Phi) is 5.01. The van der Waals surface area contributed by atoms with Crippen LogP contribution in [0.25, 0.3) is 0 Å². The van der Waals surface area contributed by atoms with Gasteiger partial charge in [-0.25, -0.2) is 4.39 Å². The molecule has 3 heterocycles. The monoisotopic (exact) mass is 489 g/mol. The number of nitro benzene ring substituents is 1. The molecule has 1 spiro atoms. The summed E-state index contributed by atoms with van der Waals surface area (Å²) in [5, 5.41) is 14.5. The lowest BCUT2D eigenvalue weighted by Crippen LogP contribution is -2.52. The predicted octanol–water partition coefficient (Wildman–Crippen LogP) is 4.55. The Labute approximate surface area is 204 Å². The third-order valence-electron chi connectivity index (χ3n) is 7.41. The van der Waals surface area contributed by atoms with E-state index in [-0.39, 0.29) is 23.4 Å². The molecule has 0 saturated carbocycles. The standard InChI is InChI=1S/C26H20FN3O4S/c27-17-10-8-15(9-11-17)24(31)23-22(16-4-3-5-18(12-16)30(33)34)21-13-35-14-29(21)26(23)19-6-1-2-7-20(19)28-25(26)32/h1-12,21-23H,13-14H2,(H,28,32)/t21-,22-,23-,26-/m1/s1. The van der Waals surface area contributed by atoms with Crippen molar-refractivity contribution in [1.82, 2.24) is 4.90 Å². The highest BCUT2D eigenvalue weighted by Crippen LogP contribution is 2.61. The van der Waals surface area contributed by atoms with Gasteiger partial charge in [0.2, 0.25) is 5.91 Å². The molecular formula is C26H20FN3O4S. The van der Waals surface area contributed by atoms with Crippen molar-refractivity contribution in [2.45, 2.75) is 17.5 Å². The molecule has 9 heteroatoms. The topological polar surface area (TPSA) is 92.5 Å². The maximum Gasteiger partial charge on any atom is 0.269 e. The first-order chi connectivity index (χ1) is 16.9. The molecular weight excluding hydrogens is 469 g/mol. The summed E-state index contributed by atoms with van der Waals surface area (Å²) in [6.45, 7) is 0. The van der Waals surface area contributed by atoms with Crippen LogP contribution in [0.5, 0.6) is 0 Å². The lowest BCUT2D eigenvalue weighted by Gasteiger charge is -2.36. The number of anilines is 1. The van der Waals surface area contributed by atoms with Crippen LogP contribution in [0, 0.1) is 21.8 Å². The van der Waals surface area contributed by atoms with E-state index in [0.717, 1.165) is 5.56 Å². The smallest absolute Gasteiger partial charge is 0.269 e. The Hall–Kier alpha value is -3.56. The van der Waals surface area contributed by atoms with E-state index in [1.807, 2.05) is 24.3 Å². The molecule has 0 aromatic heterocycles. The van der Waals surface area contributed by atoms with Crippen molar-refractivity contribution in [3.8, 4) is 0 Å². The number of Topliss-reactive ketones (excluding diaryl/α,β-unsaturated/α-hetero) is 1. The quantitative estimate of drug-likeness (QED) is 0.328. The summed E-state index contributed by atoms with van der Waals surface area (Å²) < 4.78 is 13.7.